The second-order valence-corrected chi connectivity index (χ2v) is 10.7. The van der Waals surface area contributed by atoms with E-state index in [1.54, 1.807) is 24.3 Å². The number of halogens is 3. The molecule has 3 heterocycles. The number of carbonyl (C=O) groups excluding carboxylic acids is 2. The Labute approximate surface area is 249 Å². The van der Waals surface area contributed by atoms with Crippen molar-refractivity contribution in [2.45, 2.75) is 37.6 Å². The number of hydrogen-bond donors (Lipinski definition) is 3. The first-order valence-electron chi connectivity index (χ1n) is 13.7. The minimum absolute atomic E-state index is 0.0708. The van der Waals surface area contributed by atoms with Gasteiger partial charge in [0, 0.05) is 22.6 Å². The van der Waals surface area contributed by atoms with Crippen molar-refractivity contribution >= 4 is 51.1 Å². The van der Waals surface area contributed by atoms with Crippen LogP contribution in [0.1, 0.15) is 36.8 Å². The number of rotatable bonds is 6. The quantitative estimate of drug-likeness (QED) is 0.196. The maximum absolute atomic E-state index is 14.8. The van der Waals surface area contributed by atoms with Gasteiger partial charge in [0.25, 0.3) is 5.91 Å². The number of anilines is 3. The summed E-state index contributed by atoms with van der Waals surface area (Å²) in [5.41, 5.74) is 13.5. The molecule has 3 amide bonds. The Hall–Kier alpha value is -5.39. The van der Waals surface area contributed by atoms with Gasteiger partial charge in [-0.15, -0.1) is 13.2 Å². The average molecular weight is 601 g/mol. The molecule has 1 fully saturated rings. The Bertz CT molecular complexity index is 1840. The van der Waals surface area contributed by atoms with Crippen LogP contribution in [0.25, 0.3) is 21.8 Å². The number of para-hydroxylation sites is 2. The van der Waals surface area contributed by atoms with Crippen molar-refractivity contribution in [3.05, 3.63) is 96.1 Å². The van der Waals surface area contributed by atoms with E-state index in [2.05, 4.69) is 20.0 Å². The van der Waals surface area contributed by atoms with Crippen molar-refractivity contribution in [2.75, 3.05) is 16.4 Å². The number of nitrogen functional groups attached to an aromatic ring is 2. The first-order chi connectivity index (χ1) is 20.9. The number of hydrogen-bond acceptors (Lipinski definition) is 7. The summed E-state index contributed by atoms with van der Waals surface area (Å²) in [4.78, 5) is 38.3. The zero-order chi connectivity index (χ0) is 31.4. The van der Waals surface area contributed by atoms with E-state index in [0.717, 1.165) is 27.8 Å². The number of imide groups is 1. The summed E-state index contributed by atoms with van der Waals surface area (Å²) in [6.07, 6.45) is -4.90. The molecule has 224 valence electrons. The molecule has 1 aliphatic rings. The van der Waals surface area contributed by atoms with Gasteiger partial charge in [0.05, 0.1) is 16.7 Å². The van der Waals surface area contributed by atoms with Crippen LogP contribution in [0.3, 0.4) is 0 Å². The summed E-state index contributed by atoms with van der Waals surface area (Å²) in [6.45, 7) is 3.65. The molecule has 0 bridgehead atoms. The number of benzene rings is 3. The number of ether oxygens (including phenoxy) is 1. The van der Waals surface area contributed by atoms with E-state index >= 15 is 0 Å². The summed E-state index contributed by atoms with van der Waals surface area (Å²) >= 11 is 0. The minimum atomic E-state index is -4.90. The predicted molar refractivity (Wildman–Crippen MR) is 161 cm³/mol. The van der Waals surface area contributed by atoms with Gasteiger partial charge in [-0.3, -0.25) is 4.79 Å². The maximum atomic E-state index is 14.8. The lowest BCUT2D eigenvalue weighted by molar-refractivity contribution is -0.274. The summed E-state index contributed by atoms with van der Waals surface area (Å²) in [7, 11) is 0. The van der Waals surface area contributed by atoms with Crippen LogP contribution >= 0.6 is 0 Å². The molecule has 12 heteroatoms. The van der Waals surface area contributed by atoms with Gasteiger partial charge in [-0.2, -0.15) is 0 Å². The van der Waals surface area contributed by atoms with E-state index in [9.17, 15) is 22.8 Å². The van der Waals surface area contributed by atoms with Gasteiger partial charge in [0.15, 0.2) is 0 Å². The van der Waals surface area contributed by atoms with Crippen LogP contribution in [-0.4, -0.2) is 33.8 Å². The first kappa shape index (κ1) is 28.7. The van der Waals surface area contributed by atoms with Gasteiger partial charge >= 0.3 is 12.4 Å². The summed E-state index contributed by atoms with van der Waals surface area (Å²) in [5, 5.41) is 4.48. The topological polar surface area (TPSA) is 136 Å². The smallest absolute Gasteiger partial charge is 0.406 e. The molecule has 2 unspecified atom stereocenters. The van der Waals surface area contributed by atoms with Crippen LogP contribution in [0.15, 0.2) is 84.9 Å². The Morgan fingerprint density at radius 2 is 1.27 bits per heavy atom. The van der Waals surface area contributed by atoms with Crippen molar-refractivity contribution in [3.8, 4) is 5.75 Å². The number of nitrogens with two attached hydrogens (primary N) is 2. The zero-order valence-corrected chi connectivity index (χ0v) is 23.6. The lowest BCUT2D eigenvalue weighted by Crippen LogP contribution is -2.55. The van der Waals surface area contributed by atoms with Crippen LogP contribution in [0, 0.1) is 0 Å². The fraction of sp³-hybridized carbons (Fsp3) is 0.188. The van der Waals surface area contributed by atoms with Gasteiger partial charge < -0.3 is 21.5 Å². The molecule has 2 atom stereocenters. The third-order valence-corrected chi connectivity index (χ3v) is 8.24. The molecule has 3 aromatic carbocycles. The fourth-order valence-electron chi connectivity index (χ4n) is 6.21. The molecule has 2 aromatic heterocycles. The van der Waals surface area contributed by atoms with Crippen LogP contribution < -0.4 is 26.4 Å². The van der Waals surface area contributed by atoms with Crippen molar-refractivity contribution in [3.63, 3.8) is 0 Å². The lowest BCUT2D eigenvalue weighted by Gasteiger charge is -2.39. The third-order valence-electron chi connectivity index (χ3n) is 8.24. The van der Waals surface area contributed by atoms with E-state index < -0.39 is 41.4 Å². The van der Waals surface area contributed by atoms with Gasteiger partial charge in [-0.05, 0) is 59.7 Å². The standard InChI is InChI=1S/C32H27F3N6O3/c1-17(23-15-27(36)38-25-9-5-3-7-21(23)25)31(18(2)24-16-28(37)39-26-10-6-4-8-22(24)26)29(42)41(30(43)40-31)19-11-13-20(14-12-19)44-32(33,34)35/h3-18H,1-2H3,(H2,36,38)(H2,37,39)(H,40,43). The van der Waals surface area contributed by atoms with Crippen LogP contribution in [0.2, 0.25) is 0 Å². The molecule has 0 radical (unpaired) electrons. The highest BCUT2D eigenvalue weighted by Crippen LogP contribution is 2.47. The fourth-order valence-corrected chi connectivity index (χ4v) is 6.21. The summed E-state index contributed by atoms with van der Waals surface area (Å²) in [6, 6.07) is 21.9. The first-order valence-corrected chi connectivity index (χ1v) is 13.7. The molecule has 9 nitrogen and oxygen atoms in total. The molecule has 44 heavy (non-hydrogen) atoms. The van der Waals surface area contributed by atoms with Crippen molar-refractivity contribution in [1.29, 1.82) is 0 Å². The molecule has 0 spiro atoms. The van der Waals surface area contributed by atoms with E-state index in [1.165, 1.54) is 12.1 Å². The van der Waals surface area contributed by atoms with Crippen LogP contribution in [-0.2, 0) is 4.79 Å². The number of aromatic nitrogens is 2. The molecule has 5 N–H and O–H groups in total. The Morgan fingerprint density at radius 3 is 1.75 bits per heavy atom. The third kappa shape index (κ3) is 4.77. The van der Waals surface area contributed by atoms with E-state index in [-0.39, 0.29) is 17.3 Å². The number of nitrogens with one attached hydrogen (secondary N) is 1. The van der Waals surface area contributed by atoms with Crippen molar-refractivity contribution in [1.82, 2.24) is 15.3 Å². The average Bonchev–Trinajstić information content (AvgIpc) is 3.25. The Kier molecular flexibility index (Phi) is 6.79. The predicted octanol–water partition coefficient (Wildman–Crippen LogP) is 6.25. The Balaban J connectivity index is 1.54. The molecule has 0 aliphatic carbocycles. The number of nitrogens with zero attached hydrogens (tertiary/aromatic N) is 3. The highest BCUT2D eigenvalue weighted by atomic mass is 19.4. The van der Waals surface area contributed by atoms with Gasteiger partial charge in [-0.1, -0.05) is 50.2 Å². The van der Waals surface area contributed by atoms with Crippen molar-refractivity contribution in [2.24, 2.45) is 0 Å². The number of amides is 3. The van der Waals surface area contributed by atoms with Crippen LogP contribution in [0.4, 0.5) is 35.3 Å². The second-order valence-electron chi connectivity index (χ2n) is 10.7. The maximum Gasteiger partial charge on any atom is 0.573 e. The minimum Gasteiger partial charge on any atom is -0.406 e. The lowest BCUT2D eigenvalue weighted by atomic mass is 9.68. The molecular formula is C32H27F3N6O3. The Morgan fingerprint density at radius 1 is 0.795 bits per heavy atom. The number of alkyl halides is 3. The molecule has 6 rings (SSSR count). The molecule has 1 saturated heterocycles. The molecule has 5 aromatic rings. The summed E-state index contributed by atoms with van der Waals surface area (Å²) in [5.74, 6) is -1.99. The number of fused-ring (bicyclic) bond motifs is 2. The SMILES string of the molecule is CC(c1cc(N)nc2ccccc12)C1(C(C)c2cc(N)nc3ccccc23)NC(=O)N(c2ccc(OC(F)(F)F)cc2)C1=O. The number of urea groups is 1. The highest BCUT2D eigenvalue weighted by molar-refractivity contribution is 6.24. The van der Waals surface area contributed by atoms with Gasteiger partial charge in [0.2, 0.25) is 0 Å². The van der Waals surface area contributed by atoms with Gasteiger partial charge in [0.1, 0.15) is 22.9 Å². The zero-order valence-electron chi connectivity index (χ0n) is 23.6. The van der Waals surface area contributed by atoms with E-state index in [0.29, 0.717) is 22.2 Å². The molecule has 1 aliphatic heterocycles. The number of carbonyl (C=O) groups is 2. The van der Waals surface area contributed by atoms with E-state index in [4.69, 9.17) is 11.5 Å². The van der Waals surface area contributed by atoms with Crippen LogP contribution in [0.5, 0.6) is 5.75 Å². The largest absolute Gasteiger partial charge is 0.573 e. The molecule has 0 saturated carbocycles. The normalized spacial score (nSPS) is 18.4. The highest BCUT2D eigenvalue weighted by Gasteiger charge is 2.59. The summed E-state index contributed by atoms with van der Waals surface area (Å²) < 4.78 is 42.3. The van der Waals surface area contributed by atoms with E-state index in [1.807, 2.05) is 50.2 Å². The number of pyridine rings is 2. The monoisotopic (exact) mass is 600 g/mol. The molecular weight excluding hydrogens is 573 g/mol. The van der Waals surface area contributed by atoms with Crippen molar-refractivity contribution < 1.29 is 27.5 Å². The van der Waals surface area contributed by atoms with Gasteiger partial charge in [-0.25, -0.2) is 19.7 Å². The second kappa shape index (κ2) is 10.4.